The molecule has 0 atom stereocenters. The molecule has 124 valence electrons. The summed E-state index contributed by atoms with van der Waals surface area (Å²) < 4.78 is 0. The minimum absolute atomic E-state index is 0.227. The third-order valence-corrected chi connectivity index (χ3v) is 5.29. The molecular weight excluding hydrogens is 373 g/mol. The summed E-state index contributed by atoms with van der Waals surface area (Å²) in [5.74, 6) is 0.695. The fraction of sp³-hybridized carbons (Fsp3) is 0.0526. The average Bonchev–Trinajstić information content (AvgIpc) is 2.93. The van der Waals surface area contributed by atoms with Crippen molar-refractivity contribution in [2.45, 2.75) is 6.92 Å². The summed E-state index contributed by atoms with van der Waals surface area (Å²) >= 11 is 13.7. The molecule has 0 aliphatic carbocycles. The summed E-state index contributed by atoms with van der Waals surface area (Å²) in [6, 6.07) is 17.7. The molecular formula is C19H13Cl2N3S. The first-order valence-corrected chi connectivity index (χ1v) is 9.24. The Kier molecular flexibility index (Phi) is 4.34. The van der Waals surface area contributed by atoms with Gasteiger partial charge in [0.1, 0.15) is 10.6 Å². The lowest BCUT2D eigenvalue weighted by Crippen LogP contribution is -1.96. The van der Waals surface area contributed by atoms with Crippen LogP contribution in [0.5, 0.6) is 0 Å². The number of nitrogens with zero attached hydrogens (tertiary/aromatic N) is 2. The van der Waals surface area contributed by atoms with Crippen LogP contribution in [0.3, 0.4) is 0 Å². The number of hydrogen-bond donors (Lipinski definition) is 1. The number of thiophene rings is 1. The monoisotopic (exact) mass is 385 g/mol. The number of benzene rings is 2. The normalized spacial score (nSPS) is 11.0. The van der Waals surface area contributed by atoms with Gasteiger partial charge in [0.2, 0.25) is 5.28 Å². The van der Waals surface area contributed by atoms with Crippen LogP contribution in [0.2, 0.25) is 10.3 Å². The first-order valence-electron chi connectivity index (χ1n) is 7.66. The standard InChI is InChI=1S/C19H13Cl2N3S/c1-11-15(12-5-3-2-4-6-12)16-17(23-19(21)24-18(16)25-11)22-14-9-7-13(20)8-10-14/h2-10H,1H3,(H,22,23,24). The van der Waals surface area contributed by atoms with Crippen LogP contribution in [0.15, 0.2) is 54.6 Å². The van der Waals surface area contributed by atoms with Crippen molar-refractivity contribution in [3.8, 4) is 11.1 Å². The van der Waals surface area contributed by atoms with E-state index in [4.69, 9.17) is 23.2 Å². The van der Waals surface area contributed by atoms with Gasteiger partial charge in [-0.05, 0) is 48.4 Å². The number of hydrogen-bond acceptors (Lipinski definition) is 4. The van der Waals surface area contributed by atoms with Crippen LogP contribution in [0.25, 0.3) is 21.3 Å². The molecule has 0 fully saturated rings. The smallest absolute Gasteiger partial charge is 0.225 e. The van der Waals surface area contributed by atoms with E-state index in [1.165, 1.54) is 4.88 Å². The molecule has 0 radical (unpaired) electrons. The van der Waals surface area contributed by atoms with Gasteiger partial charge in [-0.3, -0.25) is 0 Å². The molecule has 1 N–H and O–H groups in total. The SMILES string of the molecule is Cc1sc2nc(Cl)nc(Nc3ccc(Cl)cc3)c2c1-c1ccccc1. The highest BCUT2D eigenvalue weighted by atomic mass is 35.5. The third kappa shape index (κ3) is 3.21. The maximum Gasteiger partial charge on any atom is 0.225 e. The van der Waals surface area contributed by atoms with Gasteiger partial charge in [-0.1, -0.05) is 41.9 Å². The molecule has 0 spiro atoms. The Hall–Kier alpha value is -2.14. The molecule has 2 aromatic heterocycles. The molecule has 0 saturated carbocycles. The third-order valence-electron chi connectivity index (χ3n) is 3.87. The van der Waals surface area contributed by atoms with Gasteiger partial charge in [-0.25, -0.2) is 4.98 Å². The van der Waals surface area contributed by atoms with Gasteiger partial charge in [0, 0.05) is 21.2 Å². The Labute approximate surface area is 159 Å². The topological polar surface area (TPSA) is 37.8 Å². The molecule has 2 heterocycles. The average molecular weight is 386 g/mol. The van der Waals surface area contributed by atoms with Crippen molar-refractivity contribution in [3.63, 3.8) is 0 Å². The lowest BCUT2D eigenvalue weighted by atomic mass is 10.0. The van der Waals surface area contributed by atoms with Crippen molar-refractivity contribution in [2.75, 3.05) is 5.32 Å². The lowest BCUT2D eigenvalue weighted by Gasteiger charge is -2.10. The van der Waals surface area contributed by atoms with Crippen LogP contribution in [0.4, 0.5) is 11.5 Å². The van der Waals surface area contributed by atoms with Crippen LogP contribution in [-0.2, 0) is 0 Å². The van der Waals surface area contributed by atoms with E-state index >= 15 is 0 Å². The zero-order chi connectivity index (χ0) is 17.4. The second-order valence-corrected chi connectivity index (χ2v) is 7.53. The van der Waals surface area contributed by atoms with Gasteiger partial charge >= 0.3 is 0 Å². The van der Waals surface area contributed by atoms with E-state index in [1.54, 1.807) is 11.3 Å². The van der Waals surface area contributed by atoms with Crippen molar-refractivity contribution in [1.82, 2.24) is 9.97 Å². The summed E-state index contributed by atoms with van der Waals surface area (Å²) in [6.45, 7) is 2.09. The number of fused-ring (bicyclic) bond motifs is 1. The van der Waals surface area contributed by atoms with E-state index in [0.29, 0.717) is 10.8 Å². The summed E-state index contributed by atoms with van der Waals surface area (Å²) in [7, 11) is 0. The van der Waals surface area contributed by atoms with Gasteiger partial charge in [-0.2, -0.15) is 4.98 Å². The van der Waals surface area contributed by atoms with Crippen LogP contribution in [0, 0.1) is 6.92 Å². The summed E-state index contributed by atoms with van der Waals surface area (Å²) in [5.41, 5.74) is 3.16. The summed E-state index contributed by atoms with van der Waals surface area (Å²) in [6.07, 6.45) is 0. The van der Waals surface area contributed by atoms with Crippen LogP contribution < -0.4 is 5.32 Å². The fourth-order valence-electron chi connectivity index (χ4n) is 2.80. The predicted octanol–water partition coefficient (Wildman–Crippen LogP) is 6.72. The van der Waals surface area contributed by atoms with Gasteiger partial charge in [0.25, 0.3) is 0 Å². The number of anilines is 2. The summed E-state index contributed by atoms with van der Waals surface area (Å²) in [5, 5.41) is 5.25. The Morgan fingerprint density at radius 2 is 1.64 bits per heavy atom. The summed E-state index contributed by atoms with van der Waals surface area (Å²) in [4.78, 5) is 10.9. The highest BCUT2D eigenvalue weighted by molar-refractivity contribution is 7.19. The molecule has 3 nitrogen and oxygen atoms in total. The van der Waals surface area contributed by atoms with E-state index in [2.05, 4.69) is 34.3 Å². The largest absolute Gasteiger partial charge is 0.340 e. The second-order valence-electron chi connectivity index (χ2n) is 5.55. The second kappa shape index (κ2) is 6.64. The maximum atomic E-state index is 6.15. The number of aryl methyl sites for hydroxylation is 1. The Bertz CT molecular complexity index is 1040. The highest BCUT2D eigenvalue weighted by Crippen LogP contribution is 2.41. The first-order chi connectivity index (χ1) is 12.1. The molecule has 0 unspecified atom stereocenters. The molecule has 2 aromatic carbocycles. The molecule has 0 bridgehead atoms. The van der Waals surface area contributed by atoms with Crippen LogP contribution in [-0.4, -0.2) is 9.97 Å². The molecule has 25 heavy (non-hydrogen) atoms. The number of nitrogens with one attached hydrogen (secondary N) is 1. The van der Waals surface area contributed by atoms with Gasteiger partial charge in [0.05, 0.1) is 5.39 Å². The Morgan fingerprint density at radius 3 is 2.36 bits per heavy atom. The van der Waals surface area contributed by atoms with Gasteiger partial charge in [-0.15, -0.1) is 11.3 Å². The lowest BCUT2D eigenvalue weighted by molar-refractivity contribution is 1.23. The number of aromatic nitrogens is 2. The van der Waals surface area contributed by atoms with E-state index in [0.717, 1.165) is 27.0 Å². The quantitative estimate of drug-likeness (QED) is 0.397. The number of halogens is 2. The number of rotatable bonds is 3. The Morgan fingerprint density at radius 1 is 0.920 bits per heavy atom. The minimum atomic E-state index is 0.227. The zero-order valence-electron chi connectivity index (χ0n) is 13.3. The van der Waals surface area contributed by atoms with E-state index in [9.17, 15) is 0 Å². The van der Waals surface area contributed by atoms with Crippen molar-refractivity contribution >= 4 is 56.3 Å². The Balaban J connectivity index is 1.92. The highest BCUT2D eigenvalue weighted by Gasteiger charge is 2.18. The molecule has 0 aliphatic heterocycles. The van der Waals surface area contributed by atoms with Crippen molar-refractivity contribution < 1.29 is 0 Å². The molecule has 0 amide bonds. The molecule has 6 heteroatoms. The van der Waals surface area contributed by atoms with E-state index in [-0.39, 0.29) is 5.28 Å². The maximum absolute atomic E-state index is 6.15. The van der Waals surface area contributed by atoms with Gasteiger partial charge in [0.15, 0.2) is 0 Å². The molecule has 4 aromatic rings. The van der Waals surface area contributed by atoms with Crippen LogP contribution >= 0.6 is 34.5 Å². The van der Waals surface area contributed by atoms with E-state index < -0.39 is 0 Å². The van der Waals surface area contributed by atoms with Crippen molar-refractivity contribution in [2.24, 2.45) is 0 Å². The first kappa shape index (κ1) is 16.3. The van der Waals surface area contributed by atoms with Crippen molar-refractivity contribution in [1.29, 1.82) is 0 Å². The zero-order valence-corrected chi connectivity index (χ0v) is 15.6. The molecule has 0 saturated heterocycles. The minimum Gasteiger partial charge on any atom is -0.340 e. The predicted molar refractivity (Wildman–Crippen MR) is 107 cm³/mol. The van der Waals surface area contributed by atoms with Crippen molar-refractivity contribution in [3.05, 3.63) is 69.8 Å². The molecule has 0 aliphatic rings. The van der Waals surface area contributed by atoms with E-state index in [1.807, 2.05) is 42.5 Å². The molecule has 4 rings (SSSR count). The fourth-order valence-corrected chi connectivity index (χ4v) is 4.19. The van der Waals surface area contributed by atoms with Crippen LogP contribution in [0.1, 0.15) is 4.88 Å². The van der Waals surface area contributed by atoms with Gasteiger partial charge < -0.3 is 5.32 Å².